The summed E-state index contributed by atoms with van der Waals surface area (Å²) >= 11 is 0. The molecule has 24 heavy (non-hydrogen) atoms. The SMILES string of the molecule is COc1cc(C)c(C2NCCc3cc(O)c(O)cc32)cc1C(C)C. The molecule has 1 unspecified atom stereocenters. The normalized spacial score (nSPS) is 17.0. The van der Waals surface area contributed by atoms with Gasteiger partial charge >= 0.3 is 0 Å². The molecule has 3 N–H and O–H groups in total. The van der Waals surface area contributed by atoms with Gasteiger partial charge in [-0.15, -0.1) is 0 Å². The molecule has 4 nitrogen and oxygen atoms in total. The fourth-order valence-corrected chi connectivity index (χ4v) is 3.51. The molecule has 0 aromatic heterocycles. The van der Waals surface area contributed by atoms with Gasteiger partial charge in [-0.2, -0.15) is 0 Å². The Morgan fingerprint density at radius 1 is 1.08 bits per heavy atom. The summed E-state index contributed by atoms with van der Waals surface area (Å²) in [5.74, 6) is 1.15. The molecule has 0 spiro atoms. The summed E-state index contributed by atoms with van der Waals surface area (Å²) in [6.07, 6.45) is 0.839. The van der Waals surface area contributed by atoms with E-state index in [-0.39, 0.29) is 17.5 Å². The van der Waals surface area contributed by atoms with Crippen LogP contribution in [0, 0.1) is 6.92 Å². The van der Waals surface area contributed by atoms with Crippen molar-refractivity contribution in [1.29, 1.82) is 0 Å². The zero-order valence-electron chi connectivity index (χ0n) is 14.7. The second kappa shape index (κ2) is 6.36. The van der Waals surface area contributed by atoms with Crippen molar-refractivity contribution >= 4 is 0 Å². The van der Waals surface area contributed by atoms with Gasteiger partial charge in [0.2, 0.25) is 0 Å². The molecule has 0 saturated heterocycles. The lowest BCUT2D eigenvalue weighted by Gasteiger charge is -2.30. The Hall–Kier alpha value is -2.20. The van der Waals surface area contributed by atoms with Crippen LogP contribution in [0.25, 0.3) is 0 Å². The second-order valence-corrected chi connectivity index (χ2v) is 6.78. The number of aromatic hydroxyl groups is 2. The zero-order chi connectivity index (χ0) is 17.4. The molecule has 128 valence electrons. The Balaban J connectivity index is 2.14. The number of hydrogen-bond acceptors (Lipinski definition) is 4. The van der Waals surface area contributed by atoms with Gasteiger partial charge in [0.15, 0.2) is 11.5 Å². The van der Waals surface area contributed by atoms with Crippen molar-refractivity contribution in [1.82, 2.24) is 5.32 Å². The van der Waals surface area contributed by atoms with E-state index in [0.717, 1.165) is 35.4 Å². The number of benzene rings is 2. The van der Waals surface area contributed by atoms with Crippen LogP contribution in [0.3, 0.4) is 0 Å². The molecule has 2 aromatic carbocycles. The van der Waals surface area contributed by atoms with E-state index in [9.17, 15) is 10.2 Å². The summed E-state index contributed by atoms with van der Waals surface area (Å²) in [5, 5.41) is 23.3. The standard InChI is InChI=1S/C20H25NO3/c1-11(2)14-9-15(12(3)7-19(14)24-4)20-16-10-18(23)17(22)8-13(16)5-6-21-20/h7-11,20-23H,5-6H2,1-4H3. The molecule has 4 heteroatoms. The Bertz CT molecular complexity index is 768. The largest absolute Gasteiger partial charge is 0.504 e. The number of phenols is 2. The molecular formula is C20H25NO3. The first kappa shape index (κ1) is 16.7. The average molecular weight is 327 g/mol. The summed E-state index contributed by atoms with van der Waals surface area (Å²) in [4.78, 5) is 0. The highest BCUT2D eigenvalue weighted by molar-refractivity contribution is 5.53. The Labute approximate surface area is 143 Å². The number of fused-ring (bicyclic) bond motifs is 1. The highest BCUT2D eigenvalue weighted by Gasteiger charge is 2.25. The molecule has 0 radical (unpaired) electrons. The van der Waals surface area contributed by atoms with E-state index in [1.54, 1.807) is 19.2 Å². The van der Waals surface area contributed by atoms with E-state index in [1.165, 1.54) is 11.1 Å². The van der Waals surface area contributed by atoms with Crippen molar-refractivity contribution in [2.24, 2.45) is 0 Å². The minimum absolute atomic E-state index is 0.00339. The van der Waals surface area contributed by atoms with Crippen LogP contribution in [0.15, 0.2) is 24.3 Å². The number of nitrogens with one attached hydrogen (secondary N) is 1. The molecule has 0 aliphatic carbocycles. The van der Waals surface area contributed by atoms with Crippen molar-refractivity contribution in [3.05, 3.63) is 52.1 Å². The van der Waals surface area contributed by atoms with Crippen LogP contribution in [0.4, 0.5) is 0 Å². The molecule has 0 amide bonds. The van der Waals surface area contributed by atoms with Crippen LogP contribution in [0.5, 0.6) is 17.2 Å². The molecule has 0 saturated carbocycles. The van der Waals surface area contributed by atoms with Crippen LogP contribution in [0.1, 0.15) is 53.6 Å². The minimum Gasteiger partial charge on any atom is -0.504 e. The van der Waals surface area contributed by atoms with Crippen molar-refractivity contribution in [3.63, 3.8) is 0 Å². The average Bonchev–Trinajstić information content (AvgIpc) is 2.55. The Morgan fingerprint density at radius 3 is 2.46 bits per heavy atom. The summed E-state index contributed by atoms with van der Waals surface area (Å²) in [6, 6.07) is 7.65. The number of rotatable bonds is 3. The van der Waals surface area contributed by atoms with E-state index in [2.05, 4.69) is 38.2 Å². The molecule has 1 atom stereocenters. The van der Waals surface area contributed by atoms with E-state index in [0.29, 0.717) is 5.92 Å². The molecule has 0 fully saturated rings. The lowest BCUT2D eigenvalue weighted by Crippen LogP contribution is -2.31. The monoisotopic (exact) mass is 327 g/mol. The topological polar surface area (TPSA) is 61.7 Å². The maximum Gasteiger partial charge on any atom is 0.157 e. The van der Waals surface area contributed by atoms with Gasteiger partial charge in [0.05, 0.1) is 13.2 Å². The number of hydrogen-bond donors (Lipinski definition) is 3. The lowest BCUT2D eigenvalue weighted by atomic mass is 9.85. The lowest BCUT2D eigenvalue weighted by molar-refractivity contribution is 0.400. The van der Waals surface area contributed by atoms with E-state index >= 15 is 0 Å². The van der Waals surface area contributed by atoms with E-state index in [4.69, 9.17) is 4.74 Å². The van der Waals surface area contributed by atoms with Gasteiger partial charge in [-0.3, -0.25) is 0 Å². The molecule has 1 aliphatic rings. The maximum atomic E-state index is 9.94. The quantitative estimate of drug-likeness (QED) is 0.751. The van der Waals surface area contributed by atoms with Gasteiger partial charge in [-0.25, -0.2) is 0 Å². The zero-order valence-corrected chi connectivity index (χ0v) is 14.7. The Kier molecular flexibility index (Phi) is 4.41. The van der Waals surface area contributed by atoms with Crippen molar-refractivity contribution in [3.8, 4) is 17.2 Å². The predicted molar refractivity (Wildman–Crippen MR) is 95.1 cm³/mol. The van der Waals surface area contributed by atoms with Crippen LogP contribution in [-0.4, -0.2) is 23.9 Å². The van der Waals surface area contributed by atoms with Crippen LogP contribution in [0.2, 0.25) is 0 Å². The molecular weight excluding hydrogens is 302 g/mol. The predicted octanol–water partition coefficient (Wildman–Crippen LogP) is 3.77. The number of methoxy groups -OCH3 is 1. The minimum atomic E-state index is -0.0716. The number of phenolic OH excluding ortho intramolecular Hbond substituents is 2. The summed E-state index contributed by atoms with van der Waals surface area (Å²) in [7, 11) is 1.70. The van der Waals surface area contributed by atoms with Crippen molar-refractivity contribution in [2.75, 3.05) is 13.7 Å². The maximum absolute atomic E-state index is 9.94. The number of aryl methyl sites for hydroxylation is 1. The van der Waals surface area contributed by atoms with Gasteiger partial charge in [0, 0.05) is 6.54 Å². The van der Waals surface area contributed by atoms with Gasteiger partial charge in [0.1, 0.15) is 5.75 Å². The molecule has 1 heterocycles. The van der Waals surface area contributed by atoms with E-state index in [1.807, 2.05) is 0 Å². The van der Waals surface area contributed by atoms with Gasteiger partial charge in [-0.1, -0.05) is 13.8 Å². The van der Waals surface area contributed by atoms with Crippen LogP contribution in [-0.2, 0) is 6.42 Å². The summed E-state index contributed by atoms with van der Waals surface area (Å²) in [5.41, 5.74) is 5.62. The highest BCUT2D eigenvalue weighted by Crippen LogP contribution is 2.39. The third kappa shape index (κ3) is 2.82. The second-order valence-electron chi connectivity index (χ2n) is 6.78. The highest BCUT2D eigenvalue weighted by atomic mass is 16.5. The summed E-state index contributed by atoms with van der Waals surface area (Å²) < 4.78 is 5.54. The fourth-order valence-electron chi connectivity index (χ4n) is 3.51. The first-order valence-corrected chi connectivity index (χ1v) is 8.39. The molecule has 0 bridgehead atoms. The van der Waals surface area contributed by atoms with Crippen LogP contribution < -0.4 is 10.1 Å². The van der Waals surface area contributed by atoms with Crippen molar-refractivity contribution in [2.45, 2.75) is 39.2 Å². The van der Waals surface area contributed by atoms with Gasteiger partial charge < -0.3 is 20.3 Å². The summed E-state index contributed by atoms with van der Waals surface area (Å²) in [6.45, 7) is 7.23. The van der Waals surface area contributed by atoms with Crippen molar-refractivity contribution < 1.29 is 14.9 Å². The van der Waals surface area contributed by atoms with E-state index < -0.39 is 0 Å². The third-order valence-electron chi connectivity index (χ3n) is 4.84. The smallest absolute Gasteiger partial charge is 0.157 e. The third-order valence-corrected chi connectivity index (χ3v) is 4.84. The molecule has 2 aromatic rings. The first-order chi connectivity index (χ1) is 11.4. The fraction of sp³-hybridized carbons (Fsp3) is 0.400. The first-order valence-electron chi connectivity index (χ1n) is 8.39. The van der Waals surface area contributed by atoms with Gasteiger partial charge in [0.25, 0.3) is 0 Å². The van der Waals surface area contributed by atoms with Gasteiger partial charge in [-0.05, 0) is 71.3 Å². The number of ether oxygens (including phenoxy) is 1. The van der Waals surface area contributed by atoms with Crippen LogP contribution >= 0.6 is 0 Å². The molecule has 1 aliphatic heterocycles. The molecule has 3 rings (SSSR count). The Morgan fingerprint density at radius 2 is 1.79 bits per heavy atom.